The zero-order valence-corrected chi connectivity index (χ0v) is 18.2. The number of nitrogens with two attached hydrogens (primary N) is 1. The van der Waals surface area contributed by atoms with E-state index in [0.29, 0.717) is 30.4 Å². The van der Waals surface area contributed by atoms with Gasteiger partial charge in [0.05, 0.1) is 30.4 Å². The van der Waals surface area contributed by atoms with Gasteiger partial charge in [-0.05, 0) is 43.2 Å². The first-order valence-corrected chi connectivity index (χ1v) is 10.8. The molecule has 0 saturated heterocycles. The van der Waals surface area contributed by atoms with Gasteiger partial charge in [0.1, 0.15) is 23.1 Å². The number of nitrogens with one attached hydrogen (secondary N) is 1. The minimum absolute atomic E-state index is 0.0525. The SMILES string of the molecule is CCCOc1ccc(-c2[nH]nc3c2[C@@H](c2ccccc2OCCC)C(C#N)=C(N)O3)cc1. The first-order chi connectivity index (χ1) is 15.7. The predicted molar refractivity (Wildman–Crippen MR) is 121 cm³/mol. The molecule has 0 unspecified atom stereocenters. The molecule has 3 aromatic rings. The lowest BCUT2D eigenvalue weighted by atomic mass is 9.82. The van der Waals surface area contributed by atoms with Gasteiger partial charge in [0.2, 0.25) is 11.8 Å². The van der Waals surface area contributed by atoms with Crippen molar-refractivity contribution in [1.82, 2.24) is 10.2 Å². The Morgan fingerprint density at radius 3 is 2.50 bits per heavy atom. The summed E-state index contributed by atoms with van der Waals surface area (Å²) in [5.41, 5.74) is 9.71. The van der Waals surface area contributed by atoms with Crippen molar-refractivity contribution in [3.63, 3.8) is 0 Å². The molecule has 7 heteroatoms. The molecule has 1 atom stereocenters. The number of rotatable bonds is 8. The number of nitrogens with zero attached hydrogens (tertiary/aromatic N) is 2. The Bertz CT molecular complexity index is 1160. The van der Waals surface area contributed by atoms with Crippen LogP contribution in [0.3, 0.4) is 0 Å². The van der Waals surface area contributed by atoms with E-state index in [9.17, 15) is 5.26 Å². The average molecular weight is 431 g/mol. The van der Waals surface area contributed by atoms with Gasteiger partial charge in [0.15, 0.2) is 0 Å². The fourth-order valence-electron chi connectivity index (χ4n) is 3.78. The molecule has 0 bridgehead atoms. The number of ether oxygens (including phenoxy) is 3. The van der Waals surface area contributed by atoms with Crippen molar-refractivity contribution >= 4 is 0 Å². The van der Waals surface area contributed by atoms with E-state index in [-0.39, 0.29) is 5.88 Å². The minimum Gasteiger partial charge on any atom is -0.494 e. The lowest BCUT2D eigenvalue weighted by molar-refractivity contribution is 0.312. The summed E-state index contributed by atoms with van der Waals surface area (Å²) in [6.07, 6.45) is 1.82. The number of hydrogen-bond acceptors (Lipinski definition) is 6. The normalized spacial score (nSPS) is 15.0. The topological polar surface area (TPSA) is 106 Å². The summed E-state index contributed by atoms with van der Waals surface area (Å²) in [7, 11) is 0. The Morgan fingerprint density at radius 1 is 1.06 bits per heavy atom. The van der Waals surface area contributed by atoms with Crippen LogP contribution in [0, 0.1) is 11.3 Å². The van der Waals surface area contributed by atoms with Crippen LogP contribution >= 0.6 is 0 Å². The Morgan fingerprint density at radius 2 is 1.78 bits per heavy atom. The maximum Gasteiger partial charge on any atom is 0.244 e. The molecule has 1 aliphatic heterocycles. The van der Waals surface area contributed by atoms with Gasteiger partial charge < -0.3 is 19.9 Å². The van der Waals surface area contributed by atoms with E-state index in [1.807, 2.05) is 48.5 Å². The van der Waals surface area contributed by atoms with Gasteiger partial charge in [-0.3, -0.25) is 5.10 Å². The number of aromatic nitrogens is 2. The van der Waals surface area contributed by atoms with Crippen molar-refractivity contribution in [3.05, 3.63) is 71.1 Å². The van der Waals surface area contributed by atoms with E-state index < -0.39 is 5.92 Å². The molecule has 1 aromatic heterocycles. The number of nitriles is 1. The summed E-state index contributed by atoms with van der Waals surface area (Å²) in [5, 5.41) is 17.4. The molecule has 164 valence electrons. The fraction of sp³-hybridized carbons (Fsp3) is 0.280. The van der Waals surface area contributed by atoms with E-state index in [4.69, 9.17) is 19.9 Å². The van der Waals surface area contributed by atoms with Gasteiger partial charge in [-0.2, -0.15) is 5.26 Å². The molecule has 4 rings (SSSR count). The molecule has 2 aromatic carbocycles. The summed E-state index contributed by atoms with van der Waals surface area (Å²) >= 11 is 0. The second-order valence-corrected chi connectivity index (χ2v) is 7.50. The van der Waals surface area contributed by atoms with Gasteiger partial charge in [-0.15, -0.1) is 5.10 Å². The van der Waals surface area contributed by atoms with Crippen molar-refractivity contribution in [3.8, 4) is 34.7 Å². The molecule has 0 saturated carbocycles. The quantitative estimate of drug-likeness (QED) is 0.528. The van der Waals surface area contributed by atoms with Crippen LogP contribution in [0.5, 0.6) is 17.4 Å². The zero-order valence-electron chi connectivity index (χ0n) is 18.2. The molecule has 7 nitrogen and oxygen atoms in total. The van der Waals surface area contributed by atoms with Crippen LogP contribution in [0.1, 0.15) is 43.7 Å². The number of fused-ring (bicyclic) bond motifs is 1. The maximum atomic E-state index is 9.95. The number of allylic oxidation sites excluding steroid dienone is 1. The highest BCUT2D eigenvalue weighted by atomic mass is 16.5. The molecule has 2 heterocycles. The van der Waals surface area contributed by atoms with Crippen molar-refractivity contribution in [1.29, 1.82) is 5.26 Å². The van der Waals surface area contributed by atoms with Gasteiger partial charge >= 0.3 is 0 Å². The Labute approximate surface area is 187 Å². The monoisotopic (exact) mass is 430 g/mol. The molecule has 0 aliphatic carbocycles. The van der Waals surface area contributed by atoms with Crippen molar-refractivity contribution < 1.29 is 14.2 Å². The van der Waals surface area contributed by atoms with E-state index in [0.717, 1.165) is 41.0 Å². The molecular formula is C25H26N4O3. The fourth-order valence-corrected chi connectivity index (χ4v) is 3.78. The Hall–Kier alpha value is -3.92. The third-order valence-corrected chi connectivity index (χ3v) is 5.25. The summed E-state index contributed by atoms with van der Waals surface area (Å²) in [6, 6.07) is 17.7. The summed E-state index contributed by atoms with van der Waals surface area (Å²) in [4.78, 5) is 0. The van der Waals surface area contributed by atoms with E-state index >= 15 is 0 Å². The van der Waals surface area contributed by atoms with Crippen LogP contribution in [0.25, 0.3) is 11.3 Å². The largest absolute Gasteiger partial charge is 0.494 e. The lowest BCUT2D eigenvalue weighted by Gasteiger charge is -2.25. The van der Waals surface area contributed by atoms with E-state index in [1.165, 1.54) is 0 Å². The van der Waals surface area contributed by atoms with Gasteiger partial charge in [0, 0.05) is 11.1 Å². The Balaban J connectivity index is 1.82. The summed E-state index contributed by atoms with van der Waals surface area (Å²) in [6.45, 7) is 5.36. The first-order valence-electron chi connectivity index (χ1n) is 10.8. The molecule has 0 radical (unpaired) electrons. The molecule has 0 amide bonds. The highest BCUT2D eigenvalue weighted by Crippen LogP contribution is 2.47. The number of benzene rings is 2. The predicted octanol–water partition coefficient (Wildman–Crippen LogP) is 4.87. The molecule has 3 N–H and O–H groups in total. The molecule has 0 fully saturated rings. The van der Waals surface area contributed by atoms with Crippen LogP contribution in [-0.4, -0.2) is 23.4 Å². The minimum atomic E-state index is -0.471. The van der Waals surface area contributed by atoms with E-state index in [1.54, 1.807) is 0 Å². The van der Waals surface area contributed by atoms with Crippen LogP contribution in [0.4, 0.5) is 0 Å². The van der Waals surface area contributed by atoms with Crippen molar-refractivity contribution in [2.24, 2.45) is 5.73 Å². The lowest BCUT2D eigenvalue weighted by Crippen LogP contribution is -2.21. The van der Waals surface area contributed by atoms with Crippen molar-refractivity contribution in [2.75, 3.05) is 13.2 Å². The number of H-pyrrole nitrogens is 1. The zero-order chi connectivity index (χ0) is 22.5. The molecule has 32 heavy (non-hydrogen) atoms. The van der Waals surface area contributed by atoms with Gasteiger partial charge in [-0.25, -0.2) is 0 Å². The first kappa shape index (κ1) is 21.3. The summed E-state index contributed by atoms with van der Waals surface area (Å²) in [5.74, 6) is 1.46. The number of hydrogen-bond donors (Lipinski definition) is 2. The van der Waals surface area contributed by atoms with E-state index in [2.05, 4.69) is 30.1 Å². The third-order valence-electron chi connectivity index (χ3n) is 5.25. The maximum absolute atomic E-state index is 9.95. The van der Waals surface area contributed by atoms with Crippen LogP contribution < -0.4 is 19.9 Å². The van der Waals surface area contributed by atoms with Gasteiger partial charge in [0.25, 0.3) is 0 Å². The molecule has 1 aliphatic rings. The van der Waals surface area contributed by atoms with Gasteiger partial charge in [-0.1, -0.05) is 32.0 Å². The second kappa shape index (κ2) is 9.48. The summed E-state index contributed by atoms with van der Waals surface area (Å²) < 4.78 is 17.4. The highest BCUT2D eigenvalue weighted by Gasteiger charge is 2.37. The average Bonchev–Trinajstić information content (AvgIpc) is 3.24. The highest BCUT2D eigenvalue weighted by molar-refractivity contribution is 5.72. The number of para-hydroxylation sites is 1. The Kier molecular flexibility index (Phi) is 6.31. The number of aromatic amines is 1. The third kappa shape index (κ3) is 4.00. The van der Waals surface area contributed by atoms with Crippen LogP contribution in [-0.2, 0) is 0 Å². The smallest absolute Gasteiger partial charge is 0.244 e. The standard InChI is InChI=1S/C25H26N4O3/c1-3-13-30-17-11-9-16(10-12-17)23-22-21(18-7-5-6-8-20(18)31-14-4-2)19(15-26)24(27)32-25(22)29-28-23/h5-12,21H,3-4,13-14,27H2,1-2H3,(H,28,29)/t21-/m0/s1. The molecule has 0 spiro atoms. The van der Waals surface area contributed by atoms with Crippen LogP contribution in [0.15, 0.2) is 60.0 Å². The molecular weight excluding hydrogens is 404 g/mol. The van der Waals surface area contributed by atoms with Crippen molar-refractivity contribution in [2.45, 2.75) is 32.6 Å². The second-order valence-electron chi connectivity index (χ2n) is 7.50. The van der Waals surface area contributed by atoms with Crippen LogP contribution in [0.2, 0.25) is 0 Å².